The molecule has 5 nitrogen and oxygen atoms in total. The van der Waals surface area contributed by atoms with Crippen molar-refractivity contribution < 1.29 is 4.79 Å². The molecule has 1 amide bonds. The first-order valence-electron chi connectivity index (χ1n) is 11.3. The van der Waals surface area contributed by atoms with Crippen molar-refractivity contribution in [2.75, 3.05) is 13.1 Å². The van der Waals surface area contributed by atoms with Crippen molar-refractivity contribution in [2.24, 2.45) is 5.92 Å². The molecule has 3 aromatic rings. The van der Waals surface area contributed by atoms with E-state index in [9.17, 15) is 9.59 Å². The van der Waals surface area contributed by atoms with Gasteiger partial charge in [-0.25, -0.2) is 4.98 Å². The van der Waals surface area contributed by atoms with Crippen molar-refractivity contribution in [1.82, 2.24) is 14.5 Å². The molecule has 0 saturated carbocycles. The molecule has 0 atom stereocenters. The van der Waals surface area contributed by atoms with Crippen molar-refractivity contribution in [3.63, 3.8) is 0 Å². The fraction of sp³-hybridized carbons (Fsp3) is 0.423. The maximum atomic E-state index is 12.8. The predicted molar refractivity (Wildman–Crippen MR) is 124 cm³/mol. The number of rotatable bonds is 6. The Kier molecular flexibility index (Phi) is 6.50. The van der Waals surface area contributed by atoms with Gasteiger partial charge in [0.05, 0.1) is 10.9 Å². The van der Waals surface area contributed by atoms with Gasteiger partial charge in [-0.2, -0.15) is 0 Å². The van der Waals surface area contributed by atoms with Crippen molar-refractivity contribution in [3.8, 4) is 0 Å². The van der Waals surface area contributed by atoms with Crippen molar-refractivity contribution >= 4 is 16.8 Å². The summed E-state index contributed by atoms with van der Waals surface area (Å²) in [4.78, 5) is 32.0. The van der Waals surface area contributed by atoms with E-state index in [1.54, 1.807) is 10.6 Å². The molecule has 2 heterocycles. The summed E-state index contributed by atoms with van der Waals surface area (Å²) in [5, 5.41) is 0.606. The number of benzene rings is 2. The van der Waals surface area contributed by atoms with E-state index in [0.29, 0.717) is 35.6 Å². The monoisotopic (exact) mass is 417 g/mol. The second kappa shape index (κ2) is 9.46. The van der Waals surface area contributed by atoms with Gasteiger partial charge in [-0.15, -0.1) is 0 Å². The summed E-state index contributed by atoms with van der Waals surface area (Å²) in [5.41, 5.74) is 3.34. The summed E-state index contributed by atoms with van der Waals surface area (Å²) < 4.78 is 1.63. The van der Waals surface area contributed by atoms with Crippen molar-refractivity contribution in [3.05, 3.63) is 75.8 Å². The molecule has 4 rings (SSSR count). The second-order valence-corrected chi connectivity index (χ2v) is 8.73. The highest BCUT2D eigenvalue weighted by atomic mass is 16.2. The van der Waals surface area contributed by atoms with Gasteiger partial charge in [-0.1, -0.05) is 42.0 Å². The number of hydrogen-bond acceptors (Lipinski definition) is 3. The SMILES string of the molecule is Cc1ccc(CCC2CCN(C(=O)CCn3c(C)nc4ccccc4c3=O)CC2)cc1. The Morgan fingerprint density at radius 2 is 1.74 bits per heavy atom. The number of para-hydroxylation sites is 1. The fourth-order valence-corrected chi connectivity index (χ4v) is 4.50. The van der Waals surface area contributed by atoms with Gasteiger partial charge in [-0.05, 0) is 63.1 Å². The number of carbonyl (C=O) groups excluding carboxylic acids is 1. The van der Waals surface area contributed by atoms with Crippen LogP contribution in [-0.2, 0) is 17.8 Å². The highest BCUT2D eigenvalue weighted by molar-refractivity contribution is 5.78. The minimum absolute atomic E-state index is 0.0642. The average molecular weight is 418 g/mol. The third kappa shape index (κ3) is 5.04. The third-order valence-electron chi connectivity index (χ3n) is 6.53. The van der Waals surface area contributed by atoms with Crippen LogP contribution in [0.15, 0.2) is 53.3 Å². The molecule has 1 aliphatic heterocycles. The zero-order chi connectivity index (χ0) is 21.8. The van der Waals surface area contributed by atoms with Gasteiger partial charge in [0.15, 0.2) is 0 Å². The number of piperidine rings is 1. The van der Waals surface area contributed by atoms with E-state index in [1.165, 1.54) is 17.5 Å². The van der Waals surface area contributed by atoms with Gasteiger partial charge in [0.25, 0.3) is 5.56 Å². The second-order valence-electron chi connectivity index (χ2n) is 8.73. The predicted octanol–water partition coefficient (Wildman–Crippen LogP) is 4.27. The Morgan fingerprint density at radius 3 is 2.48 bits per heavy atom. The first-order valence-corrected chi connectivity index (χ1v) is 11.3. The maximum Gasteiger partial charge on any atom is 0.261 e. The third-order valence-corrected chi connectivity index (χ3v) is 6.53. The van der Waals surface area contributed by atoms with E-state index in [2.05, 4.69) is 36.2 Å². The minimum atomic E-state index is -0.0642. The molecular formula is C26H31N3O2. The van der Waals surface area contributed by atoms with E-state index >= 15 is 0 Å². The average Bonchev–Trinajstić information content (AvgIpc) is 2.79. The Balaban J connectivity index is 1.28. The highest BCUT2D eigenvalue weighted by Crippen LogP contribution is 2.23. The summed E-state index contributed by atoms with van der Waals surface area (Å²) in [5.74, 6) is 1.47. The highest BCUT2D eigenvalue weighted by Gasteiger charge is 2.22. The quantitative estimate of drug-likeness (QED) is 0.602. The topological polar surface area (TPSA) is 55.2 Å². The zero-order valence-electron chi connectivity index (χ0n) is 18.5. The Morgan fingerprint density at radius 1 is 1.03 bits per heavy atom. The van der Waals surface area contributed by atoms with E-state index in [1.807, 2.05) is 30.0 Å². The zero-order valence-corrected chi connectivity index (χ0v) is 18.5. The Labute approximate surface area is 183 Å². The molecule has 0 spiro atoms. The lowest BCUT2D eigenvalue weighted by Gasteiger charge is -2.32. The molecule has 5 heteroatoms. The van der Waals surface area contributed by atoms with E-state index in [-0.39, 0.29) is 11.5 Å². The Hall–Kier alpha value is -2.95. The van der Waals surface area contributed by atoms with E-state index in [0.717, 1.165) is 32.4 Å². The number of amides is 1. The fourth-order valence-electron chi connectivity index (χ4n) is 4.50. The van der Waals surface area contributed by atoms with E-state index < -0.39 is 0 Å². The molecule has 1 aromatic heterocycles. The molecule has 0 N–H and O–H groups in total. The lowest BCUT2D eigenvalue weighted by atomic mass is 9.90. The van der Waals surface area contributed by atoms with Gasteiger partial charge in [-0.3, -0.25) is 14.2 Å². The number of nitrogens with zero attached hydrogens (tertiary/aromatic N) is 3. The lowest BCUT2D eigenvalue weighted by molar-refractivity contribution is -0.132. The van der Waals surface area contributed by atoms with Gasteiger partial charge in [0.1, 0.15) is 5.82 Å². The van der Waals surface area contributed by atoms with Crippen molar-refractivity contribution in [1.29, 1.82) is 0 Å². The number of hydrogen-bond donors (Lipinski definition) is 0. The molecule has 0 radical (unpaired) electrons. The van der Waals surface area contributed by atoms with Crippen LogP contribution in [0, 0.1) is 19.8 Å². The smallest absolute Gasteiger partial charge is 0.261 e. The normalized spacial score (nSPS) is 14.8. The first kappa shape index (κ1) is 21.3. The number of fused-ring (bicyclic) bond motifs is 1. The largest absolute Gasteiger partial charge is 0.343 e. The number of aromatic nitrogens is 2. The minimum Gasteiger partial charge on any atom is -0.343 e. The Bertz CT molecular complexity index is 1110. The van der Waals surface area contributed by atoms with Gasteiger partial charge >= 0.3 is 0 Å². The summed E-state index contributed by atoms with van der Waals surface area (Å²) in [6.45, 7) is 5.97. The van der Waals surface area contributed by atoms with Gasteiger partial charge < -0.3 is 4.90 Å². The molecule has 0 unspecified atom stereocenters. The summed E-state index contributed by atoms with van der Waals surface area (Å²) in [7, 11) is 0. The molecule has 1 fully saturated rings. The molecule has 31 heavy (non-hydrogen) atoms. The van der Waals surface area contributed by atoms with Crippen LogP contribution >= 0.6 is 0 Å². The molecule has 0 bridgehead atoms. The van der Waals surface area contributed by atoms with Crippen LogP contribution in [0.3, 0.4) is 0 Å². The van der Waals surface area contributed by atoms with Crippen LogP contribution < -0.4 is 5.56 Å². The summed E-state index contributed by atoms with van der Waals surface area (Å²) in [6.07, 6.45) is 4.76. The summed E-state index contributed by atoms with van der Waals surface area (Å²) in [6, 6.07) is 16.2. The van der Waals surface area contributed by atoms with Gasteiger partial charge in [0.2, 0.25) is 5.91 Å². The standard InChI is InChI=1S/C26H31N3O2/c1-19-7-9-21(10-8-19)11-12-22-13-16-28(17-14-22)25(30)15-18-29-20(2)27-24-6-4-3-5-23(24)26(29)31/h3-10,22H,11-18H2,1-2H3. The van der Waals surface area contributed by atoms with Gasteiger partial charge in [0, 0.05) is 26.1 Å². The van der Waals surface area contributed by atoms with Crippen LogP contribution in [0.1, 0.15) is 42.6 Å². The maximum absolute atomic E-state index is 12.8. The van der Waals surface area contributed by atoms with Crippen molar-refractivity contribution in [2.45, 2.75) is 52.5 Å². The number of carbonyl (C=O) groups is 1. The van der Waals surface area contributed by atoms with Crippen LogP contribution in [0.4, 0.5) is 0 Å². The van der Waals surface area contributed by atoms with E-state index in [4.69, 9.17) is 0 Å². The molecular weight excluding hydrogens is 386 g/mol. The van der Waals surface area contributed by atoms with Crippen LogP contribution in [0.25, 0.3) is 10.9 Å². The number of likely N-dealkylation sites (tertiary alicyclic amines) is 1. The van der Waals surface area contributed by atoms with Crippen LogP contribution in [0.2, 0.25) is 0 Å². The molecule has 162 valence electrons. The molecule has 2 aromatic carbocycles. The summed E-state index contributed by atoms with van der Waals surface area (Å²) >= 11 is 0. The van der Waals surface area contributed by atoms with Crippen LogP contribution in [0.5, 0.6) is 0 Å². The molecule has 1 saturated heterocycles. The molecule has 1 aliphatic rings. The lowest BCUT2D eigenvalue weighted by Crippen LogP contribution is -2.39. The number of aryl methyl sites for hydroxylation is 3. The first-order chi connectivity index (χ1) is 15.0. The van der Waals surface area contributed by atoms with Crippen LogP contribution in [-0.4, -0.2) is 33.4 Å². The molecule has 0 aliphatic carbocycles.